The van der Waals surface area contributed by atoms with Gasteiger partial charge >= 0.3 is 0 Å². The smallest absolute Gasteiger partial charge is 0.251 e. The maximum atomic E-state index is 12.0. The summed E-state index contributed by atoms with van der Waals surface area (Å²) >= 11 is 0. The highest BCUT2D eigenvalue weighted by molar-refractivity contribution is 7.89. The minimum Gasteiger partial charge on any atom is -0.351 e. The Bertz CT molecular complexity index is 553. The van der Waals surface area contributed by atoms with Crippen molar-refractivity contribution >= 4 is 15.9 Å². The first-order valence-corrected chi connectivity index (χ1v) is 8.37. The quantitative estimate of drug-likeness (QED) is 0.612. The molecule has 0 aliphatic carbocycles. The summed E-state index contributed by atoms with van der Waals surface area (Å²) in [6.45, 7) is 5.44. The zero-order valence-corrected chi connectivity index (χ0v) is 13.5. The standard InChI is InChI=1S/C14H23N3O3S/c1-11(2)10-17-21(19,20)13-6-4-12(5-7-13)14(18)16-9-8-15-3/h4-7,11,15,17H,8-10H2,1-3H3,(H,16,18). The van der Waals surface area contributed by atoms with Gasteiger partial charge in [0.05, 0.1) is 4.90 Å². The van der Waals surface area contributed by atoms with Gasteiger partial charge < -0.3 is 10.6 Å². The van der Waals surface area contributed by atoms with Crippen LogP contribution >= 0.6 is 0 Å². The maximum Gasteiger partial charge on any atom is 0.251 e. The molecule has 0 unspecified atom stereocenters. The van der Waals surface area contributed by atoms with E-state index in [0.717, 1.165) is 0 Å². The summed E-state index contributed by atoms with van der Waals surface area (Å²) in [6, 6.07) is 5.91. The summed E-state index contributed by atoms with van der Waals surface area (Å²) in [4.78, 5) is 12.0. The van der Waals surface area contributed by atoms with Crippen molar-refractivity contribution < 1.29 is 13.2 Å². The lowest BCUT2D eigenvalue weighted by Crippen LogP contribution is -2.30. The molecule has 3 N–H and O–H groups in total. The molecule has 0 saturated carbocycles. The third-order valence-corrected chi connectivity index (χ3v) is 4.21. The minimum absolute atomic E-state index is 0.162. The average Bonchev–Trinajstić information content (AvgIpc) is 2.45. The number of benzene rings is 1. The van der Waals surface area contributed by atoms with Crippen LogP contribution < -0.4 is 15.4 Å². The molecule has 1 amide bonds. The van der Waals surface area contributed by atoms with Crippen LogP contribution in [0, 0.1) is 5.92 Å². The van der Waals surface area contributed by atoms with Gasteiger partial charge in [-0.3, -0.25) is 4.79 Å². The summed E-state index contributed by atoms with van der Waals surface area (Å²) < 4.78 is 26.5. The number of hydrogen-bond donors (Lipinski definition) is 3. The molecule has 1 rings (SSSR count). The average molecular weight is 313 g/mol. The van der Waals surface area contributed by atoms with E-state index in [4.69, 9.17) is 0 Å². The third-order valence-electron chi connectivity index (χ3n) is 2.77. The Morgan fingerprint density at radius 3 is 2.29 bits per heavy atom. The molecule has 0 aromatic heterocycles. The summed E-state index contributed by atoms with van der Waals surface area (Å²) in [6.07, 6.45) is 0. The van der Waals surface area contributed by atoms with Gasteiger partial charge in [-0.2, -0.15) is 0 Å². The van der Waals surface area contributed by atoms with E-state index in [9.17, 15) is 13.2 Å². The van der Waals surface area contributed by atoms with Crippen LogP contribution in [0.1, 0.15) is 24.2 Å². The number of carbonyl (C=O) groups is 1. The largest absolute Gasteiger partial charge is 0.351 e. The second-order valence-electron chi connectivity index (χ2n) is 5.13. The van der Waals surface area contributed by atoms with Gasteiger partial charge in [0.1, 0.15) is 0 Å². The number of nitrogens with one attached hydrogen (secondary N) is 3. The van der Waals surface area contributed by atoms with E-state index in [0.29, 0.717) is 25.2 Å². The van der Waals surface area contributed by atoms with Crippen molar-refractivity contribution in [1.29, 1.82) is 0 Å². The van der Waals surface area contributed by atoms with Crippen molar-refractivity contribution in [3.8, 4) is 0 Å². The zero-order valence-electron chi connectivity index (χ0n) is 12.6. The monoisotopic (exact) mass is 313 g/mol. The fraction of sp³-hybridized carbons (Fsp3) is 0.500. The molecule has 118 valence electrons. The zero-order chi connectivity index (χ0) is 15.9. The van der Waals surface area contributed by atoms with Crippen LogP contribution in [0.5, 0.6) is 0 Å². The third kappa shape index (κ3) is 5.82. The van der Waals surface area contributed by atoms with Crippen LogP contribution in [0.3, 0.4) is 0 Å². The maximum absolute atomic E-state index is 12.0. The van der Waals surface area contributed by atoms with Gasteiger partial charge in [-0.15, -0.1) is 0 Å². The van der Waals surface area contributed by atoms with Gasteiger partial charge in [0.25, 0.3) is 5.91 Å². The Kier molecular flexibility index (Phi) is 6.80. The topological polar surface area (TPSA) is 87.3 Å². The Morgan fingerprint density at radius 2 is 1.76 bits per heavy atom. The first-order valence-electron chi connectivity index (χ1n) is 6.89. The van der Waals surface area contributed by atoms with Crippen molar-refractivity contribution in [3.05, 3.63) is 29.8 Å². The molecule has 0 saturated heterocycles. The van der Waals surface area contributed by atoms with Crippen LogP contribution in [-0.2, 0) is 10.0 Å². The van der Waals surface area contributed by atoms with Gasteiger partial charge in [0.2, 0.25) is 10.0 Å². The molecule has 0 heterocycles. The summed E-state index contributed by atoms with van der Waals surface area (Å²) in [7, 11) is -1.71. The van der Waals surface area contributed by atoms with Gasteiger partial charge in [-0.1, -0.05) is 13.8 Å². The molecule has 0 aliphatic rings. The Hall–Kier alpha value is -1.44. The molecule has 0 atom stereocenters. The van der Waals surface area contributed by atoms with E-state index < -0.39 is 10.0 Å². The first-order chi connectivity index (χ1) is 9.86. The Balaban J connectivity index is 2.71. The van der Waals surface area contributed by atoms with E-state index in [1.54, 1.807) is 7.05 Å². The highest BCUT2D eigenvalue weighted by atomic mass is 32.2. The van der Waals surface area contributed by atoms with E-state index in [1.807, 2.05) is 13.8 Å². The highest BCUT2D eigenvalue weighted by Crippen LogP contribution is 2.11. The Labute approximate surface area is 126 Å². The fourth-order valence-corrected chi connectivity index (χ4v) is 2.76. The molecule has 0 aliphatic heterocycles. The molecule has 21 heavy (non-hydrogen) atoms. The van der Waals surface area contributed by atoms with E-state index >= 15 is 0 Å². The molecule has 7 heteroatoms. The molecule has 1 aromatic rings. The number of likely N-dealkylation sites (N-methyl/N-ethyl adjacent to an activating group) is 1. The summed E-state index contributed by atoms with van der Waals surface area (Å²) in [5.41, 5.74) is 0.439. The molecule has 0 fully saturated rings. The predicted octanol–water partition coefficient (Wildman–Crippen LogP) is 0.570. The van der Waals surface area contributed by atoms with Crippen molar-refractivity contribution in [1.82, 2.24) is 15.4 Å². The lowest BCUT2D eigenvalue weighted by Gasteiger charge is -2.09. The van der Waals surface area contributed by atoms with Crippen molar-refractivity contribution in [3.63, 3.8) is 0 Å². The number of sulfonamides is 1. The minimum atomic E-state index is -3.51. The molecular formula is C14H23N3O3S. The predicted molar refractivity (Wildman–Crippen MR) is 82.7 cm³/mol. The molecule has 0 bridgehead atoms. The summed E-state index contributed by atoms with van der Waals surface area (Å²) in [5, 5.41) is 5.66. The van der Waals surface area contributed by atoms with Crippen LogP contribution in [0.4, 0.5) is 0 Å². The van der Waals surface area contributed by atoms with Crippen LogP contribution in [0.2, 0.25) is 0 Å². The second kappa shape index (κ2) is 8.11. The number of carbonyl (C=O) groups excluding carboxylic acids is 1. The van der Waals surface area contributed by atoms with Crippen molar-refractivity contribution in [2.75, 3.05) is 26.7 Å². The lowest BCUT2D eigenvalue weighted by atomic mass is 10.2. The lowest BCUT2D eigenvalue weighted by molar-refractivity contribution is 0.0954. The highest BCUT2D eigenvalue weighted by Gasteiger charge is 2.14. The van der Waals surface area contributed by atoms with Gasteiger partial charge in [0.15, 0.2) is 0 Å². The SMILES string of the molecule is CNCCNC(=O)c1ccc(S(=O)(=O)NCC(C)C)cc1. The van der Waals surface area contributed by atoms with E-state index in [-0.39, 0.29) is 16.7 Å². The summed E-state index contributed by atoms with van der Waals surface area (Å²) in [5.74, 6) is 0.0151. The Morgan fingerprint density at radius 1 is 1.14 bits per heavy atom. The normalized spacial score (nSPS) is 11.6. The fourth-order valence-electron chi connectivity index (χ4n) is 1.55. The van der Waals surface area contributed by atoms with Gasteiger partial charge in [0, 0.05) is 25.2 Å². The number of amides is 1. The molecule has 1 aromatic carbocycles. The van der Waals surface area contributed by atoms with Crippen LogP contribution in [0.15, 0.2) is 29.2 Å². The molecule has 6 nitrogen and oxygen atoms in total. The van der Waals surface area contributed by atoms with Crippen molar-refractivity contribution in [2.24, 2.45) is 5.92 Å². The first kappa shape index (κ1) is 17.6. The second-order valence-corrected chi connectivity index (χ2v) is 6.90. The molecular weight excluding hydrogens is 290 g/mol. The van der Waals surface area contributed by atoms with Crippen LogP contribution in [0.25, 0.3) is 0 Å². The van der Waals surface area contributed by atoms with Gasteiger partial charge in [-0.25, -0.2) is 13.1 Å². The van der Waals surface area contributed by atoms with Crippen molar-refractivity contribution in [2.45, 2.75) is 18.7 Å². The molecule has 0 radical (unpaired) electrons. The number of rotatable bonds is 8. The molecule has 0 spiro atoms. The van der Waals surface area contributed by atoms with Gasteiger partial charge in [-0.05, 0) is 37.2 Å². The number of hydrogen-bond acceptors (Lipinski definition) is 4. The van der Waals surface area contributed by atoms with Crippen LogP contribution in [-0.4, -0.2) is 41.0 Å². The van der Waals surface area contributed by atoms with E-state index in [2.05, 4.69) is 15.4 Å². The van der Waals surface area contributed by atoms with E-state index in [1.165, 1.54) is 24.3 Å².